The molecule has 7 atom stereocenters. The molecule has 18 heteroatoms. The number of carbonyl (C=O) groups excluding carboxylic acids is 4. The van der Waals surface area contributed by atoms with E-state index in [0.29, 0.717) is 17.1 Å². The molecule has 4 aliphatic heterocycles. The molecule has 4 fully saturated rings. The SMILES string of the molecule is CC1(C)S[C@@H]2[C@H](NC(=O)[C@H](N)c3ccc(O)cc3)C(=O)N2[C@H]1C(=O)O.COc1cccc(OC)c1C(=O)N[C@@H]1C(=O)N2[C@@H]1SC(C)(C)[C@@H]2C(=O)O. The first-order chi connectivity index (χ1) is 23.9. The highest BCUT2D eigenvalue weighted by Crippen LogP contribution is 2.52. The average Bonchev–Trinajstić information content (AvgIpc) is 3.49. The number of amides is 4. The predicted octanol–water partition coefficient (Wildman–Crippen LogP) is 0.973. The van der Waals surface area contributed by atoms with E-state index in [0.717, 1.165) is 0 Å². The quantitative estimate of drug-likeness (QED) is 0.196. The van der Waals surface area contributed by atoms with Crippen LogP contribution >= 0.6 is 23.5 Å². The Morgan fingerprint density at radius 2 is 1.22 bits per heavy atom. The maximum absolute atomic E-state index is 12.8. The number of methoxy groups -OCH3 is 2. The van der Waals surface area contributed by atoms with Gasteiger partial charge in [-0.05, 0) is 57.5 Å². The number of aliphatic carboxylic acids is 2. The number of carbonyl (C=O) groups is 6. The molecule has 4 heterocycles. The summed E-state index contributed by atoms with van der Waals surface area (Å²) >= 11 is 2.72. The highest BCUT2D eigenvalue weighted by atomic mass is 32.2. The van der Waals surface area contributed by atoms with Crippen LogP contribution in [-0.2, 0) is 24.0 Å². The Labute approximate surface area is 301 Å². The Hall–Kier alpha value is -4.68. The summed E-state index contributed by atoms with van der Waals surface area (Å²) in [5.74, 6) is -3.24. The van der Waals surface area contributed by atoms with E-state index in [9.17, 15) is 44.1 Å². The lowest BCUT2D eigenvalue weighted by molar-refractivity contribution is -0.161. The van der Waals surface area contributed by atoms with E-state index in [1.54, 1.807) is 45.9 Å². The molecule has 4 saturated heterocycles. The second-order valence-electron chi connectivity index (χ2n) is 13.2. The summed E-state index contributed by atoms with van der Waals surface area (Å²) in [4.78, 5) is 75.6. The highest BCUT2D eigenvalue weighted by Gasteiger charge is 2.65. The van der Waals surface area contributed by atoms with Crippen LogP contribution in [0.1, 0.15) is 49.7 Å². The van der Waals surface area contributed by atoms with Crippen LogP contribution in [-0.4, -0.2) is 119 Å². The van der Waals surface area contributed by atoms with Gasteiger partial charge in [0.05, 0.1) is 14.2 Å². The number of nitrogens with two attached hydrogens (primary N) is 1. The Kier molecular flexibility index (Phi) is 10.2. The van der Waals surface area contributed by atoms with Crippen molar-refractivity contribution >= 4 is 59.1 Å². The van der Waals surface area contributed by atoms with Crippen LogP contribution in [0.5, 0.6) is 17.2 Å². The zero-order chi connectivity index (χ0) is 37.7. The molecular weight excluding hydrogens is 707 g/mol. The highest BCUT2D eigenvalue weighted by molar-refractivity contribution is 8.02. The lowest BCUT2D eigenvalue weighted by Gasteiger charge is -2.43. The van der Waals surface area contributed by atoms with Gasteiger partial charge in [0.2, 0.25) is 17.7 Å². The summed E-state index contributed by atoms with van der Waals surface area (Å²) in [6.07, 6.45) is 0. The summed E-state index contributed by atoms with van der Waals surface area (Å²) < 4.78 is 9.14. The van der Waals surface area contributed by atoms with Gasteiger partial charge in [0.15, 0.2) is 0 Å². The first kappa shape index (κ1) is 37.6. The van der Waals surface area contributed by atoms with Crippen molar-refractivity contribution in [2.45, 2.75) is 78.1 Å². The molecule has 0 aromatic heterocycles. The topological polar surface area (TPSA) is 238 Å². The van der Waals surface area contributed by atoms with E-state index in [1.165, 1.54) is 71.8 Å². The van der Waals surface area contributed by atoms with Crippen LogP contribution in [0, 0.1) is 0 Å². The standard InChI is InChI=1S/C17H20N2O6S.C16H19N3O5S/c1-17(2)12(16(22)23)19-14(21)11(15(19)26-17)18-13(20)10-8(24-3)6-5-7-9(10)25-4;1-16(2)11(15(23)24)19-13(22)10(14(19)25-16)18-12(21)9(17)7-3-5-8(20)6-4-7/h5-7,11-12,15H,1-4H3,(H,18,20)(H,22,23);3-6,9-11,14,20H,17H2,1-2H3,(H,18,21)(H,23,24)/t11-,12+,15-;9-,10-,11+,14-/m11/s1. The fourth-order valence-electron chi connectivity index (χ4n) is 6.66. The van der Waals surface area contributed by atoms with Crippen molar-refractivity contribution in [3.8, 4) is 17.2 Å². The van der Waals surface area contributed by atoms with Gasteiger partial charge in [0, 0.05) is 9.49 Å². The first-order valence-corrected chi connectivity index (χ1v) is 17.4. The van der Waals surface area contributed by atoms with Crippen LogP contribution in [0.25, 0.3) is 0 Å². The lowest BCUT2D eigenvalue weighted by Crippen LogP contribution is -2.71. The molecule has 274 valence electrons. The maximum Gasteiger partial charge on any atom is 0.327 e. The summed E-state index contributed by atoms with van der Waals surface area (Å²) in [7, 11) is 2.88. The van der Waals surface area contributed by atoms with Gasteiger partial charge in [0.1, 0.15) is 63.8 Å². The number of aromatic hydroxyl groups is 1. The molecule has 2 aromatic carbocycles. The second-order valence-corrected chi connectivity index (χ2v) is 16.8. The number of thioether (sulfide) groups is 2. The van der Waals surface area contributed by atoms with E-state index in [2.05, 4.69) is 10.6 Å². The average molecular weight is 746 g/mol. The molecule has 0 saturated carbocycles. The number of rotatable bonds is 9. The first-order valence-electron chi connectivity index (χ1n) is 15.7. The molecule has 6 rings (SSSR count). The minimum atomic E-state index is -1.06. The molecule has 0 bridgehead atoms. The van der Waals surface area contributed by atoms with Gasteiger partial charge in [-0.25, -0.2) is 9.59 Å². The van der Waals surface area contributed by atoms with Crippen molar-refractivity contribution in [1.82, 2.24) is 20.4 Å². The summed E-state index contributed by atoms with van der Waals surface area (Å²) in [5.41, 5.74) is 6.60. The molecule has 0 spiro atoms. The van der Waals surface area contributed by atoms with Gasteiger partial charge in [0.25, 0.3) is 5.91 Å². The molecule has 51 heavy (non-hydrogen) atoms. The third-order valence-corrected chi connectivity index (χ3v) is 12.3. The van der Waals surface area contributed by atoms with E-state index in [1.807, 2.05) is 0 Å². The fraction of sp³-hybridized carbons (Fsp3) is 0.455. The lowest BCUT2D eigenvalue weighted by atomic mass is 9.95. The number of benzene rings is 2. The second kappa shape index (κ2) is 13.8. The van der Waals surface area contributed by atoms with Crippen LogP contribution in [0.15, 0.2) is 42.5 Å². The monoisotopic (exact) mass is 745 g/mol. The number of nitrogens with zero attached hydrogens (tertiary/aromatic N) is 2. The maximum atomic E-state index is 12.8. The third-order valence-electron chi connectivity index (χ3n) is 9.12. The number of hydrogen-bond donors (Lipinski definition) is 6. The predicted molar refractivity (Wildman–Crippen MR) is 185 cm³/mol. The van der Waals surface area contributed by atoms with Gasteiger partial charge in [-0.2, -0.15) is 0 Å². The normalized spacial score (nSPS) is 27.0. The van der Waals surface area contributed by atoms with Crippen molar-refractivity contribution in [3.05, 3.63) is 53.6 Å². The van der Waals surface area contributed by atoms with Crippen molar-refractivity contribution < 1.29 is 53.6 Å². The minimum Gasteiger partial charge on any atom is -0.508 e. The van der Waals surface area contributed by atoms with E-state index < -0.39 is 86.0 Å². The van der Waals surface area contributed by atoms with E-state index in [-0.39, 0.29) is 11.3 Å². The number of phenolic OH excluding ortho intramolecular Hbond substituents is 1. The molecule has 2 aromatic rings. The fourth-order valence-corrected chi connectivity index (χ4v) is 9.91. The molecule has 7 N–H and O–H groups in total. The van der Waals surface area contributed by atoms with Crippen LogP contribution in [0.3, 0.4) is 0 Å². The number of ether oxygens (including phenoxy) is 2. The zero-order valence-corrected chi connectivity index (χ0v) is 30.1. The van der Waals surface area contributed by atoms with Gasteiger partial charge in [-0.15, -0.1) is 23.5 Å². The molecule has 16 nitrogen and oxygen atoms in total. The van der Waals surface area contributed by atoms with Crippen molar-refractivity contribution in [3.63, 3.8) is 0 Å². The Morgan fingerprint density at radius 1 is 0.784 bits per heavy atom. The van der Waals surface area contributed by atoms with Crippen molar-refractivity contribution in [2.24, 2.45) is 5.73 Å². The number of β-lactam (4-membered cyclic amide) rings is 2. The van der Waals surface area contributed by atoms with E-state index in [4.69, 9.17) is 15.2 Å². The summed E-state index contributed by atoms with van der Waals surface area (Å²) in [5, 5.41) is 32.6. The summed E-state index contributed by atoms with van der Waals surface area (Å²) in [6, 6.07) is 6.44. The minimum absolute atomic E-state index is 0.0606. The number of fused-ring (bicyclic) bond motifs is 2. The van der Waals surface area contributed by atoms with Gasteiger partial charge in [-0.1, -0.05) is 18.2 Å². The van der Waals surface area contributed by atoms with Gasteiger partial charge < -0.3 is 51.0 Å². The number of phenols is 1. The molecule has 4 aliphatic rings. The van der Waals surface area contributed by atoms with Crippen LogP contribution in [0.4, 0.5) is 0 Å². The smallest absolute Gasteiger partial charge is 0.327 e. The van der Waals surface area contributed by atoms with E-state index >= 15 is 0 Å². The molecular formula is C33H39N5O11S2. The largest absolute Gasteiger partial charge is 0.508 e. The summed E-state index contributed by atoms with van der Waals surface area (Å²) in [6.45, 7) is 7.10. The Morgan fingerprint density at radius 3 is 1.63 bits per heavy atom. The molecule has 0 aliphatic carbocycles. The molecule has 0 unspecified atom stereocenters. The van der Waals surface area contributed by atoms with Crippen molar-refractivity contribution in [2.75, 3.05) is 14.2 Å². The number of carboxylic acid groups (broad SMARTS) is 2. The number of carboxylic acids is 2. The van der Waals surface area contributed by atoms with Gasteiger partial charge >= 0.3 is 11.9 Å². The molecule has 0 radical (unpaired) electrons. The van der Waals surface area contributed by atoms with Crippen LogP contribution < -0.4 is 25.8 Å². The Bertz CT molecular complexity index is 1750. The van der Waals surface area contributed by atoms with Crippen LogP contribution in [0.2, 0.25) is 0 Å². The third kappa shape index (κ3) is 6.62. The number of nitrogens with one attached hydrogen (secondary N) is 2. The molecule has 4 amide bonds. The number of hydrogen-bond acceptors (Lipinski definition) is 12. The van der Waals surface area contributed by atoms with Crippen molar-refractivity contribution in [1.29, 1.82) is 0 Å². The van der Waals surface area contributed by atoms with Gasteiger partial charge in [-0.3, -0.25) is 19.2 Å². The zero-order valence-electron chi connectivity index (χ0n) is 28.5. The Balaban J connectivity index is 0.000000198.